The first kappa shape index (κ1) is 15.7. The molecule has 0 heterocycles. The first-order chi connectivity index (χ1) is 10.2. The standard InChI is InChI=1S/C17H28N4/c1-18-17(20-13-15-6-7-15)19-12-4-5-14-8-10-16(11-9-14)21(2)3/h8-11,15H,4-7,12-13H2,1-3H3,(H2,18,19,20). The summed E-state index contributed by atoms with van der Waals surface area (Å²) in [6.45, 7) is 2.02. The second-order valence-corrected chi connectivity index (χ2v) is 5.99. The van der Waals surface area contributed by atoms with Crippen LogP contribution in [0.4, 0.5) is 5.69 Å². The maximum absolute atomic E-state index is 4.25. The molecule has 1 aliphatic carbocycles. The summed E-state index contributed by atoms with van der Waals surface area (Å²) >= 11 is 0. The number of aryl methyl sites for hydroxylation is 1. The summed E-state index contributed by atoms with van der Waals surface area (Å²) in [5, 5.41) is 6.77. The molecule has 4 heteroatoms. The van der Waals surface area contributed by atoms with E-state index < -0.39 is 0 Å². The number of hydrogen-bond donors (Lipinski definition) is 2. The molecule has 0 unspecified atom stereocenters. The molecule has 0 bridgehead atoms. The minimum Gasteiger partial charge on any atom is -0.378 e. The van der Waals surface area contributed by atoms with Crippen LogP contribution in [0.3, 0.4) is 0 Å². The predicted molar refractivity (Wildman–Crippen MR) is 91.2 cm³/mol. The van der Waals surface area contributed by atoms with Gasteiger partial charge in [-0.05, 0) is 49.3 Å². The van der Waals surface area contributed by atoms with Gasteiger partial charge in [-0.15, -0.1) is 0 Å². The van der Waals surface area contributed by atoms with Crippen LogP contribution in [0, 0.1) is 5.92 Å². The first-order valence-corrected chi connectivity index (χ1v) is 7.90. The molecule has 0 saturated heterocycles. The van der Waals surface area contributed by atoms with Crippen molar-refractivity contribution in [2.75, 3.05) is 39.1 Å². The second-order valence-electron chi connectivity index (χ2n) is 5.99. The van der Waals surface area contributed by atoms with Crippen molar-refractivity contribution >= 4 is 11.6 Å². The van der Waals surface area contributed by atoms with Crippen LogP contribution in [-0.2, 0) is 6.42 Å². The van der Waals surface area contributed by atoms with Crippen molar-refractivity contribution in [2.24, 2.45) is 10.9 Å². The zero-order valence-electron chi connectivity index (χ0n) is 13.5. The van der Waals surface area contributed by atoms with Crippen molar-refractivity contribution in [1.29, 1.82) is 0 Å². The van der Waals surface area contributed by atoms with Crippen LogP contribution in [0.2, 0.25) is 0 Å². The van der Waals surface area contributed by atoms with Crippen LogP contribution in [0.5, 0.6) is 0 Å². The minimum absolute atomic E-state index is 0.874. The Balaban J connectivity index is 1.63. The lowest BCUT2D eigenvalue weighted by molar-refractivity contribution is 0.714. The van der Waals surface area contributed by atoms with E-state index in [4.69, 9.17) is 0 Å². The van der Waals surface area contributed by atoms with Gasteiger partial charge in [-0.25, -0.2) is 0 Å². The molecule has 1 fully saturated rings. The fourth-order valence-corrected chi connectivity index (χ4v) is 2.24. The van der Waals surface area contributed by atoms with Crippen LogP contribution in [-0.4, -0.2) is 40.2 Å². The number of nitrogens with zero attached hydrogens (tertiary/aromatic N) is 2. The van der Waals surface area contributed by atoms with E-state index >= 15 is 0 Å². The molecule has 0 atom stereocenters. The predicted octanol–water partition coefficient (Wildman–Crippen LogP) is 2.26. The lowest BCUT2D eigenvalue weighted by atomic mass is 10.1. The number of anilines is 1. The van der Waals surface area contributed by atoms with E-state index in [2.05, 4.69) is 58.9 Å². The quantitative estimate of drug-likeness (QED) is 0.459. The van der Waals surface area contributed by atoms with Gasteiger partial charge in [0.15, 0.2) is 5.96 Å². The molecule has 2 N–H and O–H groups in total. The van der Waals surface area contributed by atoms with Gasteiger partial charge in [-0.3, -0.25) is 4.99 Å². The van der Waals surface area contributed by atoms with Crippen LogP contribution in [0.25, 0.3) is 0 Å². The third-order valence-corrected chi connectivity index (χ3v) is 3.87. The monoisotopic (exact) mass is 288 g/mol. The molecule has 21 heavy (non-hydrogen) atoms. The maximum Gasteiger partial charge on any atom is 0.190 e. The van der Waals surface area contributed by atoms with Crippen molar-refractivity contribution in [3.63, 3.8) is 0 Å². The smallest absolute Gasteiger partial charge is 0.190 e. The van der Waals surface area contributed by atoms with Crippen LogP contribution < -0.4 is 15.5 Å². The average Bonchev–Trinajstić information content (AvgIpc) is 3.31. The number of rotatable bonds is 7. The van der Waals surface area contributed by atoms with E-state index in [1.165, 1.54) is 24.1 Å². The molecule has 0 amide bonds. The van der Waals surface area contributed by atoms with E-state index in [-0.39, 0.29) is 0 Å². The molecule has 0 spiro atoms. The molecular weight excluding hydrogens is 260 g/mol. The molecule has 1 aromatic carbocycles. The summed E-state index contributed by atoms with van der Waals surface area (Å²) < 4.78 is 0. The number of nitrogens with one attached hydrogen (secondary N) is 2. The lowest BCUT2D eigenvalue weighted by Gasteiger charge is -2.13. The van der Waals surface area contributed by atoms with E-state index in [9.17, 15) is 0 Å². The molecule has 0 aliphatic heterocycles. The highest BCUT2D eigenvalue weighted by Crippen LogP contribution is 2.27. The number of benzene rings is 1. The van der Waals surface area contributed by atoms with Crippen molar-refractivity contribution < 1.29 is 0 Å². The van der Waals surface area contributed by atoms with E-state index in [1.54, 1.807) is 0 Å². The molecular formula is C17H28N4. The van der Waals surface area contributed by atoms with Gasteiger partial charge in [0.05, 0.1) is 0 Å². The average molecular weight is 288 g/mol. The van der Waals surface area contributed by atoms with Crippen molar-refractivity contribution in [2.45, 2.75) is 25.7 Å². The van der Waals surface area contributed by atoms with Gasteiger partial charge in [0.1, 0.15) is 0 Å². The van der Waals surface area contributed by atoms with Gasteiger partial charge in [0.25, 0.3) is 0 Å². The summed E-state index contributed by atoms with van der Waals surface area (Å²) in [6.07, 6.45) is 4.95. The van der Waals surface area contributed by atoms with Gasteiger partial charge >= 0.3 is 0 Å². The Morgan fingerprint density at radius 2 is 1.90 bits per heavy atom. The number of hydrogen-bond acceptors (Lipinski definition) is 2. The van der Waals surface area contributed by atoms with Crippen molar-refractivity contribution in [1.82, 2.24) is 10.6 Å². The van der Waals surface area contributed by atoms with Gasteiger partial charge < -0.3 is 15.5 Å². The SMILES string of the molecule is CN=C(NCCCc1ccc(N(C)C)cc1)NCC1CC1. The Morgan fingerprint density at radius 3 is 2.48 bits per heavy atom. The summed E-state index contributed by atoms with van der Waals surface area (Å²) in [5.74, 6) is 1.81. The zero-order chi connectivity index (χ0) is 15.1. The highest BCUT2D eigenvalue weighted by atomic mass is 15.2. The zero-order valence-corrected chi connectivity index (χ0v) is 13.5. The van der Waals surface area contributed by atoms with E-state index in [0.717, 1.165) is 37.8 Å². The summed E-state index contributed by atoms with van der Waals surface area (Å²) in [5.41, 5.74) is 2.64. The summed E-state index contributed by atoms with van der Waals surface area (Å²) in [6, 6.07) is 8.79. The largest absolute Gasteiger partial charge is 0.378 e. The van der Waals surface area contributed by atoms with Crippen LogP contribution >= 0.6 is 0 Å². The molecule has 0 aromatic heterocycles. The highest BCUT2D eigenvalue weighted by molar-refractivity contribution is 5.79. The third kappa shape index (κ3) is 5.66. The van der Waals surface area contributed by atoms with Crippen LogP contribution in [0.15, 0.2) is 29.3 Å². The molecule has 0 radical (unpaired) electrons. The molecule has 1 saturated carbocycles. The molecule has 1 aliphatic rings. The second kappa shape index (κ2) is 7.91. The normalized spacial score (nSPS) is 14.9. The van der Waals surface area contributed by atoms with Gasteiger partial charge in [0, 0.05) is 39.9 Å². The number of aliphatic imine (C=N–C) groups is 1. The number of guanidine groups is 1. The van der Waals surface area contributed by atoms with Crippen molar-refractivity contribution in [3.05, 3.63) is 29.8 Å². The van der Waals surface area contributed by atoms with Gasteiger partial charge in [-0.1, -0.05) is 12.1 Å². The summed E-state index contributed by atoms with van der Waals surface area (Å²) in [4.78, 5) is 6.38. The fraction of sp³-hybridized carbons (Fsp3) is 0.588. The third-order valence-electron chi connectivity index (χ3n) is 3.87. The lowest BCUT2D eigenvalue weighted by Crippen LogP contribution is -2.38. The van der Waals surface area contributed by atoms with Gasteiger partial charge in [0.2, 0.25) is 0 Å². The Labute approximate surface area is 128 Å². The van der Waals surface area contributed by atoms with E-state index in [1.807, 2.05) is 7.05 Å². The molecule has 116 valence electrons. The summed E-state index contributed by atoms with van der Waals surface area (Å²) in [7, 11) is 5.97. The Morgan fingerprint density at radius 1 is 1.19 bits per heavy atom. The molecule has 2 rings (SSSR count). The van der Waals surface area contributed by atoms with Crippen molar-refractivity contribution in [3.8, 4) is 0 Å². The fourth-order valence-electron chi connectivity index (χ4n) is 2.24. The first-order valence-electron chi connectivity index (χ1n) is 7.90. The van der Waals surface area contributed by atoms with Crippen LogP contribution in [0.1, 0.15) is 24.8 Å². The molecule has 1 aromatic rings. The van der Waals surface area contributed by atoms with E-state index in [0.29, 0.717) is 0 Å². The minimum atomic E-state index is 0.874. The van der Waals surface area contributed by atoms with Gasteiger partial charge in [-0.2, -0.15) is 0 Å². The Hall–Kier alpha value is -1.71. The highest BCUT2D eigenvalue weighted by Gasteiger charge is 2.20. The topological polar surface area (TPSA) is 39.7 Å². The Bertz CT molecular complexity index is 446. The Kier molecular flexibility index (Phi) is 5.90. The maximum atomic E-state index is 4.25. The molecule has 4 nitrogen and oxygen atoms in total.